The third-order valence-corrected chi connectivity index (χ3v) is 5.95. The van der Waals surface area contributed by atoms with Crippen LogP contribution in [0.3, 0.4) is 0 Å². The fraction of sp³-hybridized carbons (Fsp3) is 0.650. The predicted octanol–water partition coefficient (Wildman–Crippen LogP) is 3.07. The van der Waals surface area contributed by atoms with Gasteiger partial charge in [0.25, 0.3) is 0 Å². The molecule has 2 aliphatic rings. The highest BCUT2D eigenvalue weighted by Gasteiger charge is 2.33. The second-order valence-corrected chi connectivity index (χ2v) is 7.82. The first-order valence-electron chi connectivity index (χ1n) is 9.57. The van der Waals surface area contributed by atoms with E-state index in [1.807, 2.05) is 12.1 Å². The van der Waals surface area contributed by atoms with Gasteiger partial charge in [-0.3, -0.25) is 4.79 Å². The molecule has 1 aliphatic heterocycles. The van der Waals surface area contributed by atoms with Crippen LogP contribution in [-0.4, -0.2) is 32.1 Å². The van der Waals surface area contributed by atoms with Gasteiger partial charge in [0.1, 0.15) is 5.82 Å². The van der Waals surface area contributed by atoms with Crippen molar-refractivity contribution in [2.75, 3.05) is 31.1 Å². The summed E-state index contributed by atoms with van der Waals surface area (Å²) in [7, 11) is 0. The SMILES string of the molecule is NCC1(CC(=O)NCC2CCN(c3ccc(F)cc3)C2)CCCCC1. The molecule has 2 fully saturated rings. The number of rotatable bonds is 6. The average molecular weight is 347 g/mol. The Morgan fingerprint density at radius 1 is 1.24 bits per heavy atom. The third kappa shape index (κ3) is 4.72. The highest BCUT2D eigenvalue weighted by molar-refractivity contribution is 5.76. The maximum Gasteiger partial charge on any atom is 0.220 e. The lowest BCUT2D eigenvalue weighted by atomic mass is 9.71. The molecule has 3 rings (SSSR count). The molecule has 1 amide bonds. The molecule has 1 unspecified atom stereocenters. The fourth-order valence-corrected chi connectivity index (χ4v) is 4.30. The minimum atomic E-state index is -0.205. The van der Waals surface area contributed by atoms with Crippen LogP contribution < -0.4 is 16.0 Å². The van der Waals surface area contributed by atoms with Crippen molar-refractivity contribution >= 4 is 11.6 Å². The maximum absolute atomic E-state index is 13.0. The zero-order chi connectivity index (χ0) is 17.7. The number of hydrogen-bond acceptors (Lipinski definition) is 3. The minimum Gasteiger partial charge on any atom is -0.371 e. The van der Waals surface area contributed by atoms with Gasteiger partial charge in [-0.05, 0) is 61.4 Å². The van der Waals surface area contributed by atoms with Gasteiger partial charge in [0.05, 0.1) is 0 Å². The van der Waals surface area contributed by atoms with Gasteiger partial charge in [-0.1, -0.05) is 19.3 Å². The van der Waals surface area contributed by atoms with E-state index in [9.17, 15) is 9.18 Å². The van der Waals surface area contributed by atoms with Gasteiger partial charge >= 0.3 is 0 Å². The predicted molar refractivity (Wildman–Crippen MR) is 98.9 cm³/mol. The second kappa shape index (κ2) is 8.17. The number of anilines is 1. The van der Waals surface area contributed by atoms with Gasteiger partial charge in [0, 0.05) is 31.7 Å². The van der Waals surface area contributed by atoms with Crippen LogP contribution in [0.2, 0.25) is 0 Å². The van der Waals surface area contributed by atoms with Crippen molar-refractivity contribution in [3.8, 4) is 0 Å². The van der Waals surface area contributed by atoms with Gasteiger partial charge in [-0.2, -0.15) is 0 Å². The fourth-order valence-electron chi connectivity index (χ4n) is 4.30. The first kappa shape index (κ1) is 18.2. The molecule has 0 spiro atoms. The highest BCUT2D eigenvalue weighted by atomic mass is 19.1. The number of carbonyl (C=O) groups is 1. The first-order valence-corrected chi connectivity index (χ1v) is 9.57. The summed E-state index contributed by atoms with van der Waals surface area (Å²) in [5.41, 5.74) is 7.07. The summed E-state index contributed by atoms with van der Waals surface area (Å²) in [6.45, 7) is 3.20. The Labute approximate surface area is 150 Å². The quantitative estimate of drug-likeness (QED) is 0.831. The number of benzene rings is 1. The number of hydrogen-bond donors (Lipinski definition) is 2. The molecule has 1 heterocycles. The summed E-state index contributed by atoms with van der Waals surface area (Å²) in [6, 6.07) is 6.65. The van der Waals surface area contributed by atoms with E-state index in [0.29, 0.717) is 18.9 Å². The Kier molecular flexibility index (Phi) is 5.94. The summed E-state index contributed by atoms with van der Waals surface area (Å²) in [5, 5.41) is 3.13. The van der Waals surface area contributed by atoms with Gasteiger partial charge in [-0.15, -0.1) is 0 Å². The number of nitrogens with one attached hydrogen (secondary N) is 1. The Hall–Kier alpha value is -1.62. The van der Waals surface area contributed by atoms with Gasteiger partial charge in [0.2, 0.25) is 5.91 Å². The molecule has 1 saturated heterocycles. The van der Waals surface area contributed by atoms with Crippen LogP contribution in [0, 0.1) is 17.2 Å². The summed E-state index contributed by atoms with van der Waals surface area (Å²) in [5.74, 6) is 0.394. The lowest BCUT2D eigenvalue weighted by molar-refractivity contribution is -0.124. The molecule has 0 aromatic heterocycles. The van der Waals surface area contributed by atoms with E-state index in [0.717, 1.165) is 44.6 Å². The normalized spacial score (nSPS) is 22.8. The zero-order valence-electron chi connectivity index (χ0n) is 15.0. The molecular weight excluding hydrogens is 317 g/mol. The van der Waals surface area contributed by atoms with Crippen molar-refractivity contribution in [3.63, 3.8) is 0 Å². The van der Waals surface area contributed by atoms with Crippen molar-refractivity contribution in [2.24, 2.45) is 17.1 Å². The zero-order valence-corrected chi connectivity index (χ0v) is 15.0. The van der Waals surface area contributed by atoms with Crippen molar-refractivity contribution in [3.05, 3.63) is 30.1 Å². The van der Waals surface area contributed by atoms with Crippen molar-refractivity contribution in [1.29, 1.82) is 0 Å². The van der Waals surface area contributed by atoms with E-state index < -0.39 is 0 Å². The summed E-state index contributed by atoms with van der Waals surface area (Å²) < 4.78 is 13.0. The standard InChI is InChI=1S/C20H30FN3O/c21-17-4-6-18(7-5-17)24-11-8-16(14-24)13-23-19(25)12-20(15-22)9-2-1-3-10-20/h4-7,16H,1-3,8-15,22H2,(H,23,25). The van der Waals surface area contributed by atoms with Crippen molar-refractivity contribution in [1.82, 2.24) is 5.32 Å². The largest absolute Gasteiger partial charge is 0.371 e. The molecule has 1 aromatic carbocycles. The van der Waals surface area contributed by atoms with E-state index in [1.165, 1.54) is 31.4 Å². The van der Waals surface area contributed by atoms with Crippen molar-refractivity contribution in [2.45, 2.75) is 44.9 Å². The second-order valence-electron chi connectivity index (χ2n) is 7.82. The molecule has 0 bridgehead atoms. The van der Waals surface area contributed by atoms with Gasteiger partial charge in [-0.25, -0.2) is 4.39 Å². The van der Waals surface area contributed by atoms with Gasteiger partial charge in [0.15, 0.2) is 0 Å². The number of nitrogens with zero attached hydrogens (tertiary/aromatic N) is 1. The third-order valence-electron chi connectivity index (χ3n) is 5.95. The maximum atomic E-state index is 13.0. The Balaban J connectivity index is 1.44. The van der Waals surface area contributed by atoms with Crippen LogP contribution in [0.4, 0.5) is 10.1 Å². The number of carbonyl (C=O) groups excluding carboxylic acids is 1. The molecular formula is C20H30FN3O. The van der Waals surface area contributed by atoms with Crippen LogP contribution in [0.1, 0.15) is 44.9 Å². The Morgan fingerprint density at radius 2 is 1.96 bits per heavy atom. The Morgan fingerprint density at radius 3 is 2.64 bits per heavy atom. The van der Waals surface area contributed by atoms with E-state index in [2.05, 4.69) is 10.2 Å². The monoisotopic (exact) mass is 347 g/mol. The van der Waals surface area contributed by atoms with Crippen LogP contribution in [-0.2, 0) is 4.79 Å². The van der Waals surface area contributed by atoms with E-state index in [-0.39, 0.29) is 17.1 Å². The molecule has 0 radical (unpaired) electrons. The minimum absolute atomic E-state index is 0.0259. The molecule has 3 N–H and O–H groups in total. The van der Waals surface area contributed by atoms with Crippen LogP contribution >= 0.6 is 0 Å². The van der Waals surface area contributed by atoms with Crippen LogP contribution in [0.25, 0.3) is 0 Å². The van der Waals surface area contributed by atoms with Crippen LogP contribution in [0.15, 0.2) is 24.3 Å². The molecule has 1 aliphatic carbocycles. The van der Waals surface area contributed by atoms with E-state index in [4.69, 9.17) is 5.73 Å². The lowest BCUT2D eigenvalue weighted by Crippen LogP contribution is -2.40. The molecule has 1 saturated carbocycles. The topological polar surface area (TPSA) is 58.4 Å². The number of amides is 1. The van der Waals surface area contributed by atoms with Crippen LogP contribution in [0.5, 0.6) is 0 Å². The highest BCUT2D eigenvalue weighted by Crippen LogP contribution is 2.38. The summed E-state index contributed by atoms with van der Waals surface area (Å²) in [4.78, 5) is 14.7. The number of halogens is 1. The van der Waals surface area contributed by atoms with Crippen molar-refractivity contribution < 1.29 is 9.18 Å². The molecule has 5 heteroatoms. The first-order chi connectivity index (χ1) is 12.1. The average Bonchev–Trinajstić information content (AvgIpc) is 3.10. The van der Waals surface area contributed by atoms with Gasteiger partial charge < -0.3 is 16.0 Å². The van der Waals surface area contributed by atoms with E-state index in [1.54, 1.807) is 0 Å². The molecule has 1 aromatic rings. The summed E-state index contributed by atoms with van der Waals surface area (Å²) in [6.07, 6.45) is 7.44. The molecule has 25 heavy (non-hydrogen) atoms. The molecule has 4 nitrogen and oxygen atoms in total. The Bertz CT molecular complexity index is 569. The summed E-state index contributed by atoms with van der Waals surface area (Å²) >= 11 is 0. The van der Waals surface area contributed by atoms with E-state index >= 15 is 0 Å². The molecule has 1 atom stereocenters. The smallest absolute Gasteiger partial charge is 0.220 e. The lowest BCUT2D eigenvalue weighted by Gasteiger charge is -2.35. The molecule has 138 valence electrons. The number of nitrogens with two attached hydrogens (primary N) is 1.